The molecule has 2 atom stereocenters. The molecular formula is C8H16N2O2. The summed E-state index contributed by atoms with van der Waals surface area (Å²) in [6, 6.07) is 0.264. The molecule has 70 valence electrons. The first-order valence-electron chi connectivity index (χ1n) is 4.18. The van der Waals surface area contributed by atoms with Gasteiger partial charge in [-0.25, -0.2) is 0 Å². The molecule has 0 amide bonds. The van der Waals surface area contributed by atoms with Crippen molar-refractivity contribution in [2.24, 2.45) is 5.73 Å². The van der Waals surface area contributed by atoms with Crippen LogP contribution in [0.15, 0.2) is 0 Å². The highest BCUT2D eigenvalue weighted by molar-refractivity contribution is 5.78. The second-order valence-electron chi connectivity index (χ2n) is 3.75. The second kappa shape index (κ2) is 3.03. The number of nitrogens with zero attached hydrogens (tertiary/aromatic N) is 1. The van der Waals surface area contributed by atoms with E-state index < -0.39 is 11.5 Å². The molecular weight excluding hydrogens is 156 g/mol. The summed E-state index contributed by atoms with van der Waals surface area (Å²) < 4.78 is 0. The number of carbonyl (C=O) groups is 1. The third kappa shape index (κ3) is 1.59. The number of carboxylic acids is 1. The molecule has 1 saturated heterocycles. The summed E-state index contributed by atoms with van der Waals surface area (Å²) in [6.07, 6.45) is 1.09. The van der Waals surface area contributed by atoms with Crippen molar-refractivity contribution in [3.05, 3.63) is 0 Å². The third-order valence-corrected chi connectivity index (χ3v) is 2.75. The first-order chi connectivity index (χ1) is 5.46. The number of hydrogen-bond donors (Lipinski definition) is 2. The van der Waals surface area contributed by atoms with E-state index in [9.17, 15) is 4.79 Å². The van der Waals surface area contributed by atoms with Gasteiger partial charge in [0.15, 0.2) is 0 Å². The number of carboxylic acid groups (broad SMARTS) is 1. The lowest BCUT2D eigenvalue weighted by molar-refractivity contribution is -0.145. The molecule has 1 aliphatic heterocycles. The summed E-state index contributed by atoms with van der Waals surface area (Å²) in [5, 5.41) is 8.86. The zero-order chi connectivity index (χ0) is 9.35. The molecule has 0 aromatic carbocycles. The molecule has 1 aliphatic rings. The van der Waals surface area contributed by atoms with E-state index in [1.165, 1.54) is 0 Å². The van der Waals surface area contributed by atoms with Gasteiger partial charge in [0, 0.05) is 12.6 Å². The molecule has 0 aliphatic carbocycles. The van der Waals surface area contributed by atoms with Crippen molar-refractivity contribution in [2.45, 2.75) is 31.3 Å². The molecule has 0 bridgehead atoms. The lowest BCUT2D eigenvalue weighted by Crippen LogP contribution is -2.57. The van der Waals surface area contributed by atoms with Crippen LogP contribution in [0.2, 0.25) is 0 Å². The fourth-order valence-corrected chi connectivity index (χ4v) is 1.58. The zero-order valence-corrected chi connectivity index (χ0v) is 7.58. The Morgan fingerprint density at radius 3 is 2.75 bits per heavy atom. The van der Waals surface area contributed by atoms with Gasteiger partial charge in [-0.05, 0) is 26.8 Å². The predicted molar refractivity (Wildman–Crippen MR) is 45.9 cm³/mol. The summed E-state index contributed by atoms with van der Waals surface area (Å²) >= 11 is 0. The molecule has 0 saturated carbocycles. The van der Waals surface area contributed by atoms with E-state index in [4.69, 9.17) is 10.8 Å². The molecule has 1 fully saturated rings. The van der Waals surface area contributed by atoms with E-state index in [1.54, 1.807) is 0 Å². The Labute approximate surface area is 72.3 Å². The molecule has 12 heavy (non-hydrogen) atoms. The Morgan fingerprint density at radius 1 is 1.75 bits per heavy atom. The minimum atomic E-state index is -0.994. The van der Waals surface area contributed by atoms with Gasteiger partial charge in [-0.1, -0.05) is 0 Å². The number of nitrogens with two attached hydrogens (primary N) is 1. The molecule has 0 aromatic rings. The van der Waals surface area contributed by atoms with Crippen LogP contribution in [0.1, 0.15) is 19.8 Å². The standard InChI is InChI=1S/C8H16N2O2/c1-6-5-8(9,7(11)12)3-4-10(6)2/h6H,3-5,9H2,1-2H3,(H,11,12)/t6-,8+/m1/s1. The van der Waals surface area contributed by atoms with Crippen molar-refractivity contribution in [1.29, 1.82) is 0 Å². The normalized spacial score (nSPS) is 38.1. The van der Waals surface area contributed by atoms with Gasteiger partial charge in [0.1, 0.15) is 5.54 Å². The summed E-state index contributed by atoms with van der Waals surface area (Å²) in [5.74, 6) is -0.873. The Morgan fingerprint density at radius 2 is 2.33 bits per heavy atom. The zero-order valence-electron chi connectivity index (χ0n) is 7.58. The van der Waals surface area contributed by atoms with Crippen molar-refractivity contribution < 1.29 is 9.90 Å². The highest BCUT2D eigenvalue weighted by atomic mass is 16.4. The molecule has 3 N–H and O–H groups in total. The van der Waals surface area contributed by atoms with Gasteiger partial charge in [0.25, 0.3) is 0 Å². The van der Waals surface area contributed by atoms with Crippen LogP contribution in [-0.2, 0) is 4.79 Å². The summed E-state index contributed by atoms with van der Waals surface area (Å²) in [4.78, 5) is 12.9. The molecule has 0 unspecified atom stereocenters. The maximum Gasteiger partial charge on any atom is 0.323 e. The number of hydrogen-bond acceptors (Lipinski definition) is 3. The number of rotatable bonds is 1. The van der Waals surface area contributed by atoms with Gasteiger partial charge in [-0.15, -0.1) is 0 Å². The van der Waals surface area contributed by atoms with E-state index in [2.05, 4.69) is 4.90 Å². The Balaban J connectivity index is 2.66. The Hall–Kier alpha value is -0.610. The average molecular weight is 172 g/mol. The SMILES string of the molecule is C[C@@H]1C[C@](N)(C(=O)O)CCN1C. The first-order valence-corrected chi connectivity index (χ1v) is 4.18. The van der Waals surface area contributed by atoms with Crippen molar-refractivity contribution in [1.82, 2.24) is 4.90 Å². The molecule has 0 aromatic heterocycles. The fourth-order valence-electron chi connectivity index (χ4n) is 1.58. The molecule has 4 nitrogen and oxygen atoms in total. The average Bonchev–Trinajstić information content (AvgIpc) is 1.97. The fraction of sp³-hybridized carbons (Fsp3) is 0.875. The maximum absolute atomic E-state index is 10.8. The lowest BCUT2D eigenvalue weighted by Gasteiger charge is -2.39. The third-order valence-electron chi connectivity index (χ3n) is 2.75. The van der Waals surface area contributed by atoms with Crippen molar-refractivity contribution >= 4 is 5.97 Å². The predicted octanol–water partition coefficient (Wildman–Crippen LogP) is -0.117. The molecule has 1 heterocycles. The van der Waals surface area contributed by atoms with E-state index in [0.29, 0.717) is 12.8 Å². The van der Waals surface area contributed by atoms with Gasteiger partial charge in [0.05, 0.1) is 0 Å². The van der Waals surface area contributed by atoms with Gasteiger partial charge < -0.3 is 15.7 Å². The van der Waals surface area contributed by atoms with Crippen LogP contribution in [0.25, 0.3) is 0 Å². The highest BCUT2D eigenvalue weighted by Gasteiger charge is 2.39. The van der Waals surface area contributed by atoms with Gasteiger partial charge >= 0.3 is 5.97 Å². The van der Waals surface area contributed by atoms with Crippen LogP contribution in [0.3, 0.4) is 0 Å². The van der Waals surface area contributed by atoms with Crippen LogP contribution in [0.5, 0.6) is 0 Å². The lowest BCUT2D eigenvalue weighted by atomic mass is 9.85. The monoisotopic (exact) mass is 172 g/mol. The molecule has 0 spiro atoms. The van der Waals surface area contributed by atoms with E-state index in [1.807, 2.05) is 14.0 Å². The largest absolute Gasteiger partial charge is 0.480 e. The van der Waals surface area contributed by atoms with Gasteiger partial charge in [-0.2, -0.15) is 0 Å². The Bertz CT molecular complexity index is 195. The topological polar surface area (TPSA) is 66.6 Å². The summed E-state index contributed by atoms with van der Waals surface area (Å²) in [6.45, 7) is 2.77. The second-order valence-corrected chi connectivity index (χ2v) is 3.75. The first kappa shape index (κ1) is 9.48. The highest BCUT2D eigenvalue weighted by Crippen LogP contribution is 2.23. The van der Waals surface area contributed by atoms with Crippen LogP contribution < -0.4 is 5.73 Å². The maximum atomic E-state index is 10.8. The van der Waals surface area contributed by atoms with Gasteiger partial charge in [-0.3, -0.25) is 4.79 Å². The molecule has 0 radical (unpaired) electrons. The number of likely N-dealkylation sites (tertiary alicyclic amines) is 1. The van der Waals surface area contributed by atoms with E-state index in [-0.39, 0.29) is 6.04 Å². The van der Waals surface area contributed by atoms with Crippen molar-refractivity contribution in [2.75, 3.05) is 13.6 Å². The van der Waals surface area contributed by atoms with Crippen molar-refractivity contribution in [3.8, 4) is 0 Å². The minimum absolute atomic E-state index is 0.264. The number of aliphatic carboxylic acids is 1. The smallest absolute Gasteiger partial charge is 0.323 e. The van der Waals surface area contributed by atoms with Crippen LogP contribution in [-0.4, -0.2) is 41.1 Å². The summed E-state index contributed by atoms with van der Waals surface area (Å²) in [5.41, 5.74) is 4.73. The van der Waals surface area contributed by atoms with Crippen LogP contribution >= 0.6 is 0 Å². The van der Waals surface area contributed by atoms with Crippen LogP contribution in [0, 0.1) is 0 Å². The quantitative estimate of drug-likeness (QED) is 0.579. The summed E-state index contributed by atoms with van der Waals surface area (Å²) in [7, 11) is 1.99. The van der Waals surface area contributed by atoms with E-state index >= 15 is 0 Å². The minimum Gasteiger partial charge on any atom is -0.480 e. The van der Waals surface area contributed by atoms with Gasteiger partial charge in [0.2, 0.25) is 0 Å². The van der Waals surface area contributed by atoms with Crippen molar-refractivity contribution in [3.63, 3.8) is 0 Å². The number of piperidine rings is 1. The Kier molecular flexibility index (Phi) is 2.39. The van der Waals surface area contributed by atoms with E-state index in [0.717, 1.165) is 6.54 Å². The molecule has 1 rings (SSSR count). The molecule has 4 heteroatoms. The van der Waals surface area contributed by atoms with Crippen LogP contribution in [0.4, 0.5) is 0 Å².